The molecule has 0 aromatic carbocycles. The zero-order valence-corrected chi connectivity index (χ0v) is 7.53. The summed E-state index contributed by atoms with van der Waals surface area (Å²) in [6.45, 7) is 1.60. The first-order valence-electron chi connectivity index (χ1n) is 3.99. The van der Waals surface area contributed by atoms with Crippen LogP contribution in [0.4, 0.5) is 0 Å². The minimum absolute atomic E-state index is 0.336. The number of methoxy groups -OCH3 is 1. The Kier molecular flexibility index (Phi) is 3.76. The predicted molar refractivity (Wildman–Crippen MR) is 47.1 cm³/mol. The zero-order valence-electron chi connectivity index (χ0n) is 7.53. The third kappa shape index (κ3) is 2.32. The molecule has 0 aliphatic heterocycles. The van der Waals surface area contributed by atoms with Crippen LogP contribution in [0.15, 0.2) is 18.7 Å². The number of nitrogens with zero attached hydrogens (tertiary/aromatic N) is 2. The molecule has 0 radical (unpaired) electrons. The Bertz CT molecular complexity index is 192. The summed E-state index contributed by atoms with van der Waals surface area (Å²) in [5.41, 5.74) is 0. The van der Waals surface area contributed by atoms with Gasteiger partial charge in [0.2, 0.25) is 0 Å². The summed E-state index contributed by atoms with van der Waals surface area (Å²) < 4.78 is 7.13. The molecule has 1 aromatic rings. The molecule has 0 saturated heterocycles. The van der Waals surface area contributed by atoms with E-state index >= 15 is 0 Å². The smallest absolute Gasteiger partial charge is 0.0949 e. The highest BCUT2D eigenvalue weighted by atomic mass is 16.5. The van der Waals surface area contributed by atoms with Gasteiger partial charge in [-0.05, 0) is 7.05 Å². The molecular formula is C8H15N3O. The van der Waals surface area contributed by atoms with Gasteiger partial charge in [0.15, 0.2) is 0 Å². The first-order valence-corrected chi connectivity index (χ1v) is 3.99. The van der Waals surface area contributed by atoms with Crippen molar-refractivity contribution in [1.82, 2.24) is 14.9 Å². The van der Waals surface area contributed by atoms with Crippen molar-refractivity contribution in [2.75, 3.05) is 27.3 Å². The molecule has 1 rings (SSSR count). The van der Waals surface area contributed by atoms with Crippen molar-refractivity contribution in [3.8, 4) is 0 Å². The Morgan fingerprint density at radius 2 is 2.50 bits per heavy atom. The van der Waals surface area contributed by atoms with Gasteiger partial charge in [-0.25, -0.2) is 4.98 Å². The van der Waals surface area contributed by atoms with E-state index in [-0.39, 0.29) is 0 Å². The Morgan fingerprint density at radius 1 is 1.67 bits per heavy atom. The fourth-order valence-corrected chi connectivity index (χ4v) is 1.16. The molecule has 0 bridgehead atoms. The van der Waals surface area contributed by atoms with Crippen LogP contribution in [0.5, 0.6) is 0 Å². The van der Waals surface area contributed by atoms with E-state index in [1.807, 2.05) is 17.8 Å². The molecule has 0 aliphatic rings. The monoisotopic (exact) mass is 169 g/mol. The van der Waals surface area contributed by atoms with Crippen LogP contribution in [0.2, 0.25) is 0 Å². The van der Waals surface area contributed by atoms with Crippen LogP contribution in [0, 0.1) is 0 Å². The molecular weight excluding hydrogens is 154 g/mol. The second-order valence-electron chi connectivity index (χ2n) is 2.68. The van der Waals surface area contributed by atoms with Gasteiger partial charge >= 0.3 is 0 Å². The number of rotatable bonds is 5. The van der Waals surface area contributed by atoms with E-state index in [4.69, 9.17) is 4.74 Å². The van der Waals surface area contributed by atoms with Gasteiger partial charge in [0.25, 0.3) is 0 Å². The molecule has 1 atom stereocenters. The van der Waals surface area contributed by atoms with E-state index in [9.17, 15) is 0 Å². The van der Waals surface area contributed by atoms with Crippen molar-refractivity contribution in [3.05, 3.63) is 18.7 Å². The molecule has 1 unspecified atom stereocenters. The first kappa shape index (κ1) is 9.22. The van der Waals surface area contributed by atoms with Crippen molar-refractivity contribution in [2.45, 2.75) is 6.04 Å². The lowest BCUT2D eigenvalue weighted by molar-refractivity contribution is 0.155. The molecule has 1 N–H and O–H groups in total. The quantitative estimate of drug-likeness (QED) is 0.688. The number of aromatic nitrogens is 2. The maximum Gasteiger partial charge on any atom is 0.0949 e. The lowest BCUT2D eigenvalue weighted by atomic mass is 10.3. The molecule has 68 valence electrons. The van der Waals surface area contributed by atoms with E-state index in [0.29, 0.717) is 12.6 Å². The van der Waals surface area contributed by atoms with Gasteiger partial charge in [-0.1, -0.05) is 0 Å². The summed E-state index contributed by atoms with van der Waals surface area (Å²) in [5, 5.41) is 3.11. The number of imidazole rings is 1. The van der Waals surface area contributed by atoms with Gasteiger partial charge in [0.1, 0.15) is 0 Å². The van der Waals surface area contributed by atoms with Crippen molar-refractivity contribution in [1.29, 1.82) is 0 Å². The summed E-state index contributed by atoms with van der Waals surface area (Å²) in [7, 11) is 3.64. The summed E-state index contributed by atoms with van der Waals surface area (Å²) in [6, 6.07) is 0.336. The van der Waals surface area contributed by atoms with Crippen LogP contribution < -0.4 is 5.32 Å². The number of hydrogen-bond acceptors (Lipinski definition) is 3. The normalized spacial score (nSPS) is 13.2. The largest absolute Gasteiger partial charge is 0.382 e. The van der Waals surface area contributed by atoms with E-state index in [1.165, 1.54) is 0 Å². The molecule has 4 nitrogen and oxygen atoms in total. The molecule has 0 spiro atoms. The Hall–Kier alpha value is -0.870. The average Bonchev–Trinajstić information content (AvgIpc) is 2.56. The van der Waals surface area contributed by atoms with E-state index < -0.39 is 0 Å². The fraction of sp³-hybridized carbons (Fsp3) is 0.625. The van der Waals surface area contributed by atoms with Crippen molar-refractivity contribution < 1.29 is 4.74 Å². The molecule has 12 heavy (non-hydrogen) atoms. The Morgan fingerprint density at radius 3 is 3.00 bits per heavy atom. The zero-order chi connectivity index (χ0) is 8.81. The third-order valence-corrected chi connectivity index (χ3v) is 1.75. The molecule has 0 aliphatic carbocycles. The third-order valence-electron chi connectivity index (χ3n) is 1.75. The standard InChI is InChI=1S/C8H15N3O/c1-9-5-8(6-12-2)11-4-3-10-7-11/h3-4,7-9H,5-6H2,1-2H3. The predicted octanol–water partition coefficient (Wildman–Crippen LogP) is 0.290. The maximum atomic E-state index is 5.09. The second-order valence-corrected chi connectivity index (χ2v) is 2.68. The van der Waals surface area contributed by atoms with Crippen LogP contribution in [-0.4, -0.2) is 36.9 Å². The lowest BCUT2D eigenvalue weighted by Gasteiger charge is -2.16. The van der Waals surface area contributed by atoms with E-state index in [0.717, 1.165) is 6.54 Å². The van der Waals surface area contributed by atoms with Crippen molar-refractivity contribution in [2.24, 2.45) is 0 Å². The summed E-state index contributed by atoms with van der Waals surface area (Å²) >= 11 is 0. The van der Waals surface area contributed by atoms with Crippen LogP contribution in [-0.2, 0) is 4.74 Å². The van der Waals surface area contributed by atoms with Gasteiger partial charge < -0.3 is 14.6 Å². The molecule has 0 amide bonds. The number of ether oxygens (including phenoxy) is 1. The van der Waals surface area contributed by atoms with Crippen LogP contribution in [0.25, 0.3) is 0 Å². The lowest BCUT2D eigenvalue weighted by Crippen LogP contribution is -2.25. The van der Waals surface area contributed by atoms with Gasteiger partial charge in [-0.2, -0.15) is 0 Å². The first-order chi connectivity index (χ1) is 5.88. The Balaban J connectivity index is 2.53. The molecule has 0 saturated carbocycles. The topological polar surface area (TPSA) is 39.1 Å². The Labute approximate surface area is 72.6 Å². The van der Waals surface area contributed by atoms with Gasteiger partial charge in [0.05, 0.1) is 19.0 Å². The number of likely N-dealkylation sites (N-methyl/N-ethyl adjacent to an activating group) is 1. The summed E-state index contributed by atoms with van der Waals surface area (Å²) in [6.07, 6.45) is 5.53. The van der Waals surface area contributed by atoms with Crippen LogP contribution in [0.3, 0.4) is 0 Å². The molecule has 1 heterocycles. The minimum atomic E-state index is 0.336. The summed E-state index contributed by atoms with van der Waals surface area (Å²) in [5.74, 6) is 0. The fourth-order valence-electron chi connectivity index (χ4n) is 1.16. The van der Waals surface area contributed by atoms with Crippen LogP contribution in [0.1, 0.15) is 6.04 Å². The molecule has 4 heteroatoms. The van der Waals surface area contributed by atoms with E-state index in [1.54, 1.807) is 19.6 Å². The van der Waals surface area contributed by atoms with Crippen LogP contribution >= 0.6 is 0 Å². The SMILES string of the molecule is CNCC(COC)n1ccnc1. The van der Waals surface area contributed by atoms with Crippen molar-refractivity contribution >= 4 is 0 Å². The highest BCUT2D eigenvalue weighted by Gasteiger charge is 2.07. The van der Waals surface area contributed by atoms with Crippen molar-refractivity contribution in [3.63, 3.8) is 0 Å². The maximum absolute atomic E-state index is 5.09. The van der Waals surface area contributed by atoms with E-state index in [2.05, 4.69) is 10.3 Å². The van der Waals surface area contributed by atoms with Gasteiger partial charge in [-0.15, -0.1) is 0 Å². The highest BCUT2D eigenvalue weighted by molar-refractivity contribution is 4.81. The highest BCUT2D eigenvalue weighted by Crippen LogP contribution is 2.03. The van der Waals surface area contributed by atoms with Gasteiger partial charge in [-0.3, -0.25) is 0 Å². The molecule has 1 aromatic heterocycles. The second kappa shape index (κ2) is 4.90. The molecule has 0 fully saturated rings. The number of nitrogens with one attached hydrogen (secondary N) is 1. The minimum Gasteiger partial charge on any atom is -0.382 e. The average molecular weight is 169 g/mol. The summed E-state index contributed by atoms with van der Waals surface area (Å²) in [4.78, 5) is 3.99. The van der Waals surface area contributed by atoms with Gasteiger partial charge in [0, 0.05) is 26.0 Å². The number of hydrogen-bond donors (Lipinski definition) is 1.